The van der Waals surface area contributed by atoms with Crippen LogP contribution >= 0.6 is 0 Å². The van der Waals surface area contributed by atoms with Crippen LogP contribution in [0.2, 0.25) is 0 Å². The van der Waals surface area contributed by atoms with Crippen LogP contribution in [0.3, 0.4) is 0 Å². The molecule has 2 aromatic rings. The Morgan fingerprint density at radius 3 is 2.83 bits per heavy atom. The third-order valence-electron chi connectivity index (χ3n) is 2.31. The number of benzene rings is 1. The van der Waals surface area contributed by atoms with E-state index < -0.39 is 5.82 Å². The van der Waals surface area contributed by atoms with Gasteiger partial charge >= 0.3 is 0 Å². The van der Waals surface area contributed by atoms with Crippen molar-refractivity contribution in [3.05, 3.63) is 57.8 Å². The summed E-state index contributed by atoms with van der Waals surface area (Å²) in [5, 5.41) is 12.6. The molecule has 0 unspecified atom stereocenters. The number of hydrogen-bond donors (Lipinski definition) is 1. The lowest BCUT2D eigenvalue weighted by Gasteiger charge is -2.05. The van der Waals surface area contributed by atoms with Gasteiger partial charge in [0.1, 0.15) is 5.82 Å². The van der Waals surface area contributed by atoms with E-state index in [-0.39, 0.29) is 23.4 Å². The summed E-state index contributed by atoms with van der Waals surface area (Å²) >= 11 is 0. The van der Waals surface area contributed by atoms with Crippen LogP contribution in [0, 0.1) is 17.1 Å². The summed E-state index contributed by atoms with van der Waals surface area (Å²) < 4.78 is 14.3. The summed E-state index contributed by atoms with van der Waals surface area (Å²) in [6.45, 7) is 0.0888. The SMILES string of the molecule is N#Cc1cc(F)cc(Cn2ncc(N)cc2=O)c1. The van der Waals surface area contributed by atoms with E-state index in [2.05, 4.69) is 5.10 Å². The van der Waals surface area contributed by atoms with E-state index in [1.165, 1.54) is 24.4 Å². The van der Waals surface area contributed by atoms with Crippen molar-refractivity contribution in [1.82, 2.24) is 9.78 Å². The van der Waals surface area contributed by atoms with E-state index in [0.717, 1.165) is 10.7 Å². The molecular weight excluding hydrogens is 235 g/mol. The number of nitriles is 1. The lowest BCUT2D eigenvalue weighted by molar-refractivity contribution is 0.610. The molecule has 1 heterocycles. The maximum Gasteiger partial charge on any atom is 0.269 e. The van der Waals surface area contributed by atoms with Crippen LogP contribution in [0.15, 0.2) is 35.3 Å². The van der Waals surface area contributed by atoms with Gasteiger partial charge in [0, 0.05) is 6.07 Å². The molecule has 90 valence electrons. The van der Waals surface area contributed by atoms with E-state index in [1.807, 2.05) is 6.07 Å². The third-order valence-corrected chi connectivity index (χ3v) is 2.31. The second-order valence-corrected chi connectivity index (χ2v) is 3.74. The first-order valence-electron chi connectivity index (χ1n) is 5.11. The molecule has 2 rings (SSSR count). The molecule has 0 saturated carbocycles. The van der Waals surface area contributed by atoms with Gasteiger partial charge in [-0.2, -0.15) is 10.4 Å². The molecule has 0 aliphatic carbocycles. The Labute approximate surface area is 102 Å². The standard InChI is InChI=1S/C12H9FN4O/c13-10-2-8(5-14)1-9(3-10)7-17-12(18)4-11(15)6-16-17/h1-4,6H,7,15H2. The predicted octanol–water partition coefficient (Wildman–Crippen LogP) is 0.885. The average molecular weight is 244 g/mol. The highest BCUT2D eigenvalue weighted by molar-refractivity contribution is 5.34. The molecule has 5 nitrogen and oxygen atoms in total. The van der Waals surface area contributed by atoms with Crippen LogP contribution < -0.4 is 11.3 Å². The first-order chi connectivity index (χ1) is 8.58. The molecule has 0 radical (unpaired) electrons. The highest BCUT2D eigenvalue weighted by Crippen LogP contribution is 2.09. The van der Waals surface area contributed by atoms with E-state index in [4.69, 9.17) is 11.0 Å². The second kappa shape index (κ2) is 4.67. The lowest BCUT2D eigenvalue weighted by Crippen LogP contribution is -2.23. The normalized spacial score (nSPS) is 10.0. The van der Waals surface area contributed by atoms with E-state index >= 15 is 0 Å². The Hall–Kier alpha value is -2.68. The van der Waals surface area contributed by atoms with Crippen molar-refractivity contribution in [2.75, 3.05) is 5.73 Å². The maximum atomic E-state index is 13.2. The first-order valence-corrected chi connectivity index (χ1v) is 5.11. The number of aromatic nitrogens is 2. The third kappa shape index (κ3) is 2.52. The topological polar surface area (TPSA) is 84.7 Å². The van der Waals surface area contributed by atoms with Gasteiger partial charge in [0.05, 0.1) is 30.1 Å². The van der Waals surface area contributed by atoms with Gasteiger partial charge < -0.3 is 5.73 Å². The largest absolute Gasteiger partial charge is 0.397 e. The van der Waals surface area contributed by atoms with E-state index in [9.17, 15) is 9.18 Å². The summed E-state index contributed by atoms with van der Waals surface area (Å²) in [4.78, 5) is 11.5. The van der Waals surface area contributed by atoms with Crippen molar-refractivity contribution in [3.63, 3.8) is 0 Å². The fraction of sp³-hybridized carbons (Fsp3) is 0.0833. The fourth-order valence-corrected chi connectivity index (χ4v) is 1.55. The molecule has 1 aromatic heterocycles. The minimum Gasteiger partial charge on any atom is -0.397 e. The Balaban J connectivity index is 2.37. The molecule has 1 aromatic carbocycles. The van der Waals surface area contributed by atoms with Crippen molar-refractivity contribution in [1.29, 1.82) is 5.26 Å². The van der Waals surface area contributed by atoms with Crippen LogP contribution in [0.25, 0.3) is 0 Å². The predicted molar refractivity (Wildman–Crippen MR) is 63.1 cm³/mol. The molecule has 0 aliphatic rings. The van der Waals surface area contributed by atoms with Gasteiger partial charge in [-0.25, -0.2) is 9.07 Å². The molecule has 0 saturated heterocycles. The van der Waals surface area contributed by atoms with E-state index in [1.54, 1.807) is 0 Å². The number of halogens is 1. The second-order valence-electron chi connectivity index (χ2n) is 3.74. The molecule has 0 atom stereocenters. The fourth-order valence-electron chi connectivity index (χ4n) is 1.55. The van der Waals surface area contributed by atoms with Crippen LogP contribution in [0.4, 0.5) is 10.1 Å². The molecule has 2 N–H and O–H groups in total. The Morgan fingerprint density at radius 2 is 2.17 bits per heavy atom. The van der Waals surface area contributed by atoms with Gasteiger partial charge in [-0.15, -0.1) is 0 Å². The Bertz CT molecular complexity index is 687. The first kappa shape index (κ1) is 11.8. The van der Waals surface area contributed by atoms with Crippen molar-refractivity contribution >= 4 is 5.69 Å². The molecule has 0 aliphatic heterocycles. The molecular formula is C12H9FN4O. The molecule has 0 fully saturated rings. The van der Waals surface area contributed by atoms with Crippen molar-refractivity contribution < 1.29 is 4.39 Å². The quantitative estimate of drug-likeness (QED) is 0.849. The van der Waals surface area contributed by atoms with E-state index in [0.29, 0.717) is 5.56 Å². The van der Waals surface area contributed by atoms with Gasteiger partial charge in [0.2, 0.25) is 0 Å². The minimum absolute atomic E-state index is 0.0888. The zero-order valence-corrected chi connectivity index (χ0v) is 9.30. The summed E-state index contributed by atoms with van der Waals surface area (Å²) in [5.41, 5.74) is 6.00. The minimum atomic E-state index is -0.521. The highest BCUT2D eigenvalue weighted by atomic mass is 19.1. The molecule has 0 amide bonds. The summed E-state index contributed by atoms with van der Waals surface area (Å²) in [6.07, 6.45) is 1.34. The van der Waals surface area contributed by atoms with Crippen molar-refractivity contribution in [2.45, 2.75) is 6.54 Å². The van der Waals surface area contributed by atoms with Gasteiger partial charge in [-0.1, -0.05) is 0 Å². The Morgan fingerprint density at radius 1 is 1.39 bits per heavy atom. The van der Waals surface area contributed by atoms with Gasteiger partial charge in [-0.3, -0.25) is 4.79 Å². The van der Waals surface area contributed by atoms with Crippen molar-refractivity contribution in [3.8, 4) is 6.07 Å². The number of rotatable bonds is 2. The van der Waals surface area contributed by atoms with Crippen molar-refractivity contribution in [2.24, 2.45) is 0 Å². The number of nitrogens with zero attached hydrogens (tertiary/aromatic N) is 3. The number of nitrogens with two attached hydrogens (primary N) is 1. The molecule has 0 bridgehead atoms. The summed E-state index contributed by atoms with van der Waals surface area (Å²) in [7, 11) is 0. The molecule has 6 heteroatoms. The Kier molecular flexibility index (Phi) is 3.06. The van der Waals surface area contributed by atoms with Crippen LogP contribution in [-0.4, -0.2) is 9.78 Å². The monoisotopic (exact) mass is 244 g/mol. The smallest absolute Gasteiger partial charge is 0.269 e. The van der Waals surface area contributed by atoms with Gasteiger partial charge in [0.15, 0.2) is 0 Å². The summed E-state index contributed by atoms with van der Waals surface area (Å²) in [5.74, 6) is -0.521. The molecule has 18 heavy (non-hydrogen) atoms. The van der Waals surface area contributed by atoms with Gasteiger partial charge in [-0.05, 0) is 23.8 Å². The number of anilines is 1. The summed E-state index contributed by atoms with van der Waals surface area (Å²) in [6, 6.07) is 6.97. The maximum absolute atomic E-state index is 13.2. The number of nitrogen functional groups attached to an aromatic ring is 1. The van der Waals surface area contributed by atoms with Crippen LogP contribution in [-0.2, 0) is 6.54 Å². The molecule has 0 spiro atoms. The van der Waals surface area contributed by atoms with Crippen LogP contribution in [0.1, 0.15) is 11.1 Å². The van der Waals surface area contributed by atoms with Crippen LogP contribution in [0.5, 0.6) is 0 Å². The van der Waals surface area contributed by atoms with Gasteiger partial charge in [0.25, 0.3) is 5.56 Å². The highest BCUT2D eigenvalue weighted by Gasteiger charge is 2.04. The number of hydrogen-bond acceptors (Lipinski definition) is 4. The zero-order valence-electron chi connectivity index (χ0n) is 9.30. The lowest BCUT2D eigenvalue weighted by atomic mass is 10.1. The average Bonchev–Trinajstić information content (AvgIpc) is 2.32. The zero-order chi connectivity index (χ0) is 13.1.